The van der Waals surface area contributed by atoms with Crippen LogP contribution >= 0.6 is 0 Å². The molecule has 0 saturated carbocycles. The number of hydrogen-bond acceptors (Lipinski definition) is 2. The summed E-state index contributed by atoms with van der Waals surface area (Å²) in [5, 5.41) is 3.24. The normalized spacial score (nSPS) is 18.7. The number of amides is 1. The molecule has 1 aliphatic rings. The zero-order valence-corrected chi connectivity index (χ0v) is 14.6. The van der Waals surface area contributed by atoms with Crippen molar-refractivity contribution in [2.24, 2.45) is 5.92 Å². The van der Waals surface area contributed by atoms with Gasteiger partial charge in [-0.05, 0) is 24.3 Å². The zero-order chi connectivity index (χ0) is 16.7. The number of allylic oxidation sites excluding steroid dienone is 1. The third-order valence-corrected chi connectivity index (χ3v) is 4.86. The van der Waals surface area contributed by atoms with Gasteiger partial charge in [-0.3, -0.25) is 4.79 Å². The Morgan fingerprint density at radius 3 is 2.83 bits per heavy atom. The highest BCUT2D eigenvalue weighted by atomic mass is 16.2. The van der Waals surface area contributed by atoms with E-state index in [0.717, 1.165) is 31.6 Å². The molecule has 1 saturated heterocycles. The summed E-state index contributed by atoms with van der Waals surface area (Å²) in [5.74, 6) is 1.09. The largest absolute Gasteiger partial charge is 0.380 e. The predicted molar refractivity (Wildman–Crippen MR) is 96.2 cm³/mol. The van der Waals surface area contributed by atoms with Crippen LogP contribution in [0.5, 0.6) is 0 Å². The molecule has 2 unspecified atom stereocenters. The number of unbranched alkanes of at least 4 members (excludes halogenated alkanes) is 1. The van der Waals surface area contributed by atoms with Crippen LogP contribution in [0.3, 0.4) is 0 Å². The average Bonchev–Trinajstić information content (AvgIpc) is 3.08. The summed E-state index contributed by atoms with van der Waals surface area (Å²) >= 11 is 0. The van der Waals surface area contributed by atoms with Gasteiger partial charge in [-0.15, -0.1) is 0 Å². The molecule has 0 bridgehead atoms. The number of rotatable bonds is 8. The quantitative estimate of drug-likeness (QED) is 0.788. The van der Waals surface area contributed by atoms with Gasteiger partial charge in [0.1, 0.15) is 0 Å². The number of likely N-dealkylation sites (tertiary alicyclic amines) is 1. The molecule has 1 aliphatic heterocycles. The fraction of sp³-hybridized carbons (Fsp3) is 0.550. The fourth-order valence-corrected chi connectivity index (χ4v) is 3.14. The van der Waals surface area contributed by atoms with Crippen molar-refractivity contribution in [2.45, 2.75) is 45.4 Å². The second kappa shape index (κ2) is 8.76. The van der Waals surface area contributed by atoms with E-state index in [1.54, 1.807) is 0 Å². The molecule has 3 heteroatoms. The van der Waals surface area contributed by atoms with E-state index in [4.69, 9.17) is 0 Å². The van der Waals surface area contributed by atoms with E-state index in [2.05, 4.69) is 50.0 Å². The van der Waals surface area contributed by atoms with Crippen LogP contribution in [0.2, 0.25) is 0 Å². The summed E-state index contributed by atoms with van der Waals surface area (Å²) in [7, 11) is 0. The number of carbonyl (C=O) groups is 1. The molecule has 0 spiro atoms. The standard InChI is InChI=1S/C20H30N2O/c1-4-5-9-16(2)17(3)21-14-20(23)22-13-12-19(15-22)18-10-7-6-8-11-18/h6-8,10-11,16,19,21H,3-5,9,12-15H2,1-2H3. The second-order valence-electron chi connectivity index (χ2n) is 6.66. The van der Waals surface area contributed by atoms with Crippen LogP contribution in [0.4, 0.5) is 0 Å². The smallest absolute Gasteiger partial charge is 0.241 e. The minimum Gasteiger partial charge on any atom is -0.380 e. The summed E-state index contributed by atoms with van der Waals surface area (Å²) in [6.07, 6.45) is 4.60. The first-order chi connectivity index (χ1) is 11.1. The molecule has 0 aromatic heterocycles. The first-order valence-electron chi connectivity index (χ1n) is 8.87. The molecule has 0 aliphatic carbocycles. The van der Waals surface area contributed by atoms with Crippen molar-refractivity contribution in [3.05, 3.63) is 48.2 Å². The SMILES string of the molecule is C=C(NCC(=O)N1CCC(c2ccccc2)C1)C(C)CCCC. The van der Waals surface area contributed by atoms with Gasteiger partial charge in [-0.2, -0.15) is 0 Å². The van der Waals surface area contributed by atoms with E-state index in [1.807, 2.05) is 11.0 Å². The molecule has 1 heterocycles. The maximum Gasteiger partial charge on any atom is 0.241 e. The van der Waals surface area contributed by atoms with Gasteiger partial charge in [0.2, 0.25) is 5.91 Å². The maximum absolute atomic E-state index is 12.4. The molecule has 1 fully saturated rings. The van der Waals surface area contributed by atoms with E-state index >= 15 is 0 Å². The second-order valence-corrected chi connectivity index (χ2v) is 6.66. The first kappa shape index (κ1) is 17.6. The summed E-state index contributed by atoms with van der Waals surface area (Å²) in [6.45, 7) is 10.5. The molecular weight excluding hydrogens is 284 g/mol. The molecule has 3 nitrogen and oxygen atoms in total. The number of nitrogens with zero attached hydrogens (tertiary/aromatic N) is 1. The fourth-order valence-electron chi connectivity index (χ4n) is 3.14. The number of carbonyl (C=O) groups excluding carboxylic acids is 1. The Balaban J connectivity index is 1.75. The Kier molecular flexibility index (Phi) is 6.69. The van der Waals surface area contributed by atoms with Gasteiger partial charge in [0.15, 0.2) is 0 Å². The highest BCUT2D eigenvalue weighted by molar-refractivity contribution is 5.78. The van der Waals surface area contributed by atoms with Crippen molar-refractivity contribution in [2.75, 3.05) is 19.6 Å². The molecular formula is C20H30N2O. The van der Waals surface area contributed by atoms with Gasteiger partial charge < -0.3 is 10.2 Å². The lowest BCUT2D eigenvalue weighted by Gasteiger charge is -2.20. The Morgan fingerprint density at radius 2 is 2.13 bits per heavy atom. The molecule has 2 rings (SSSR count). The molecule has 2 atom stereocenters. The lowest BCUT2D eigenvalue weighted by molar-refractivity contribution is -0.129. The molecule has 126 valence electrons. The first-order valence-corrected chi connectivity index (χ1v) is 8.87. The highest BCUT2D eigenvalue weighted by Crippen LogP contribution is 2.26. The summed E-state index contributed by atoms with van der Waals surface area (Å²) in [5.41, 5.74) is 2.33. The van der Waals surface area contributed by atoms with Gasteiger partial charge in [-0.25, -0.2) is 0 Å². The van der Waals surface area contributed by atoms with Crippen LogP contribution in [0.1, 0.15) is 51.0 Å². The molecule has 0 radical (unpaired) electrons. The molecule has 23 heavy (non-hydrogen) atoms. The predicted octanol–water partition coefficient (Wildman–Crippen LogP) is 3.93. The van der Waals surface area contributed by atoms with Crippen LogP contribution in [0.15, 0.2) is 42.6 Å². The van der Waals surface area contributed by atoms with Crippen molar-refractivity contribution < 1.29 is 4.79 Å². The monoisotopic (exact) mass is 314 g/mol. The van der Waals surface area contributed by atoms with Crippen LogP contribution in [-0.2, 0) is 4.79 Å². The van der Waals surface area contributed by atoms with Crippen molar-refractivity contribution in [3.63, 3.8) is 0 Å². The van der Waals surface area contributed by atoms with Crippen LogP contribution in [0.25, 0.3) is 0 Å². The van der Waals surface area contributed by atoms with Crippen LogP contribution in [-0.4, -0.2) is 30.4 Å². The minimum absolute atomic E-state index is 0.187. The molecule has 1 aromatic carbocycles. The summed E-state index contributed by atoms with van der Waals surface area (Å²) < 4.78 is 0. The maximum atomic E-state index is 12.4. The lowest BCUT2D eigenvalue weighted by Crippen LogP contribution is -2.37. The summed E-state index contributed by atoms with van der Waals surface area (Å²) in [4.78, 5) is 14.4. The van der Waals surface area contributed by atoms with Crippen LogP contribution < -0.4 is 5.32 Å². The van der Waals surface area contributed by atoms with E-state index in [1.165, 1.54) is 18.4 Å². The van der Waals surface area contributed by atoms with E-state index < -0.39 is 0 Å². The van der Waals surface area contributed by atoms with Crippen LogP contribution in [0, 0.1) is 5.92 Å². The van der Waals surface area contributed by atoms with Crippen molar-refractivity contribution in [1.29, 1.82) is 0 Å². The lowest BCUT2D eigenvalue weighted by atomic mass is 9.99. The Hall–Kier alpha value is -1.77. The van der Waals surface area contributed by atoms with Crippen molar-refractivity contribution in [1.82, 2.24) is 10.2 Å². The van der Waals surface area contributed by atoms with Gasteiger partial charge in [0.25, 0.3) is 0 Å². The Morgan fingerprint density at radius 1 is 1.39 bits per heavy atom. The third kappa shape index (κ3) is 5.12. The molecule has 1 amide bonds. The van der Waals surface area contributed by atoms with E-state index in [9.17, 15) is 4.79 Å². The molecule has 1 N–H and O–H groups in total. The van der Waals surface area contributed by atoms with Crippen molar-refractivity contribution in [3.8, 4) is 0 Å². The topological polar surface area (TPSA) is 32.3 Å². The van der Waals surface area contributed by atoms with Gasteiger partial charge in [0, 0.05) is 24.7 Å². The number of nitrogens with one attached hydrogen (secondary N) is 1. The highest BCUT2D eigenvalue weighted by Gasteiger charge is 2.26. The van der Waals surface area contributed by atoms with Crippen molar-refractivity contribution >= 4 is 5.91 Å². The van der Waals surface area contributed by atoms with E-state index in [0.29, 0.717) is 18.4 Å². The average molecular weight is 314 g/mol. The Labute approximate surface area is 140 Å². The number of benzene rings is 1. The van der Waals surface area contributed by atoms with Gasteiger partial charge >= 0.3 is 0 Å². The zero-order valence-electron chi connectivity index (χ0n) is 14.6. The molecule has 1 aromatic rings. The minimum atomic E-state index is 0.187. The van der Waals surface area contributed by atoms with Gasteiger partial charge in [0.05, 0.1) is 6.54 Å². The van der Waals surface area contributed by atoms with Gasteiger partial charge in [-0.1, -0.05) is 63.6 Å². The third-order valence-electron chi connectivity index (χ3n) is 4.86. The Bertz CT molecular complexity index is 512. The summed E-state index contributed by atoms with van der Waals surface area (Å²) in [6, 6.07) is 10.5. The number of hydrogen-bond donors (Lipinski definition) is 1. The van der Waals surface area contributed by atoms with E-state index in [-0.39, 0.29) is 5.91 Å².